The van der Waals surface area contributed by atoms with Crippen molar-refractivity contribution in [2.45, 2.75) is 19.4 Å². The molecule has 2 rings (SSSR count). The van der Waals surface area contributed by atoms with E-state index < -0.39 is 29.5 Å². The van der Waals surface area contributed by atoms with Crippen LogP contribution in [-0.4, -0.2) is 30.9 Å². The fraction of sp³-hybridized carbons (Fsp3) is 0.429. The lowest BCUT2D eigenvalue weighted by molar-refractivity contribution is -0.128. The Morgan fingerprint density at radius 3 is 2.59 bits per heavy atom. The summed E-state index contributed by atoms with van der Waals surface area (Å²) in [5, 5.41) is 2.56. The van der Waals surface area contributed by atoms with Gasteiger partial charge in [-0.05, 0) is 18.6 Å². The summed E-state index contributed by atoms with van der Waals surface area (Å²) >= 11 is 0. The molecule has 2 atom stereocenters. The SMILES string of the molecule is CC(CN)C(=O)NC1CCN(c2c(F)cccc2F)C1=O.Cl. The van der Waals surface area contributed by atoms with E-state index in [-0.39, 0.29) is 37.1 Å². The fourth-order valence-electron chi connectivity index (χ4n) is 2.20. The minimum absolute atomic E-state index is 0. The van der Waals surface area contributed by atoms with Crippen LogP contribution in [0.4, 0.5) is 14.5 Å². The van der Waals surface area contributed by atoms with Crippen LogP contribution in [0, 0.1) is 17.6 Å². The van der Waals surface area contributed by atoms with E-state index in [4.69, 9.17) is 5.73 Å². The molecule has 0 saturated carbocycles. The number of nitrogens with one attached hydrogen (secondary N) is 1. The second-order valence-electron chi connectivity index (χ2n) is 5.05. The van der Waals surface area contributed by atoms with Gasteiger partial charge in [-0.3, -0.25) is 9.59 Å². The van der Waals surface area contributed by atoms with Gasteiger partial charge in [-0.25, -0.2) is 8.78 Å². The number of anilines is 1. The van der Waals surface area contributed by atoms with Gasteiger partial charge >= 0.3 is 0 Å². The molecule has 0 spiro atoms. The predicted molar refractivity (Wildman–Crippen MR) is 80.7 cm³/mol. The molecule has 3 N–H and O–H groups in total. The summed E-state index contributed by atoms with van der Waals surface area (Å²) in [5.74, 6) is -2.88. The zero-order valence-electron chi connectivity index (χ0n) is 12.0. The van der Waals surface area contributed by atoms with Crippen LogP contribution in [0.3, 0.4) is 0 Å². The smallest absolute Gasteiger partial charge is 0.249 e. The van der Waals surface area contributed by atoms with Gasteiger partial charge in [0, 0.05) is 19.0 Å². The number of nitrogens with zero attached hydrogens (tertiary/aromatic N) is 1. The number of amides is 2. The van der Waals surface area contributed by atoms with Gasteiger partial charge in [0.25, 0.3) is 0 Å². The van der Waals surface area contributed by atoms with Gasteiger partial charge in [0.05, 0.1) is 0 Å². The molecule has 2 unspecified atom stereocenters. The Hall–Kier alpha value is -1.73. The molecule has 0 bridgehead atoms. The number of hydrogen-bond donors (Lipinski definition) is 2. The van der Waals surface area contributed by atoms with Crippen LogP contribution in [-0.2, 0) is 9.59 Å². The second-order valence-corrected chi connectivity index (χ2v) is 5.05. The second kappa shape index (κ2) is 7.51. The zero-order valence-corrected chi connectivity index (χ0v) is 12.8. The van der Waals surface area contributed by atoms with Crippen LogP contribution < -0.4 is 16.0 Å². The summed E-state index contributed by atoms with van der Waals surface area (Å²) < 4.78 is 27.4. The first-order chi connectivity index (χ1) is 9.95. The summed E-state index contributed by atoms with van der Waals surface area (Å²) in [6.07, 6.45) is 0.301. The predicted octanol–water partition coefficient (Wildman–Crippen LogP) is 1.20. The number of carbonyl (C=O) groups excluding carboxylic acids is 2. The lowest BCUT2D eigenvalue weighted by Gasteiger charge is -2.19. The molecule has 1 heterocycles. The van der Waals surface area contributed by atoms with Crippen LogP contribution in [0.1, 0.15) is 13.3 Å². The minimum atomic E-state index is -0.800. The number of halogens is 3. The van der Waals surface area contributed by atoms with Crippen molar-refractivity contribution in [1.82, 2.24) is 5.32 Å². The first-order valence-corrected chi connectivity index (χ1v) is 6.71. The molecule has 5 nitrogen and oxygen atoms in total. The maximum absolute atomic E-state index is 13.7. The van der Waals surface area contributed by atoms with Gasteiger partial charge in [-0.2, -0.15) is 0 Å². The zero-order chi connectivity index (χ0) is 15.6. The highest BCUT2D eigenvalue weighted by Crippen LogP contribution is 2.27. The molecule has 0 aromatic heterocycles. The maximum atomic E-state index is 13.7. The van der Waals surface area contributed by atoms with Crippen molar-refractivity contribution in [1.29, 1.82) is 0 Å². The van der Waals surface area contributed by atoms with Crippen LogP contribution in [0.5, 0.6) is 0 Å². The molecule has 1 aromatic carbocycles. The quantitative estimate of drug-likeness (QED) is 0.869. The Morgan fingerprint density at radius 1 is 1.45 bits per heavy atom. The van der Waals surface area contributed by atoms with Gasteiger partial charge in [-0.1, -0.05) is 13.0 Å². The molecular weight excluding hydrogens is 316 g/mol. The summed E-state index contributed by atoms with van der Waals surface area (Å²) in [4.78, 5) is 25.0. The third-order valence-electron chi connectivity index (χ3n) is 3.53. The van der Waals surface area contributed by atoms with Crippen molar-refractivity contribution in [2.75, 3.05) is 18.0 Å². The van der Waals surface area contributed by atoms with Crippen molar-refractivity contribution < 1.29 is 18.4 Å². The van der Waals surface area contributed by atoms with Crippen molar-refractivity contribution in [3.8, 4) is 0 Å². The molecule has 1 saturated heterocycles. The average Bonchev–Trinajstić information content (AvgIpc) is 2.79. The lowest BCUT2D eigenvalue weighted by atomic mass is 10.1. The summed E-state index contributed by atoms with van der Waals surface area (Å²) in [5.41, 5.74) is 5.02. The summed E-state index contributed by atoms with van der Waals surface area (Å²) in [6.45, 7) is 1.96. The summed E-state index contributed by atoms with van der Waals surface area (Å²) in [6, 6.07) is 2.64. The Labute approximate surface area is 133 Å². The third kappa shape index (κ3) is 3.53. The molecule has 122 valence electrons. The van der Waals surface area contributed by atoms with Gasteiger partial charge < -0.3 is 16.0 Å². The van der Waals surface area contributed by atoms with E-state index in [2.05, 4.69) is 5.32 Å². The van der Waals surface area contributed by atoms with Gasteiger partial charge in [-0.15, -0.1) is 12.4 Å². The first-order valence-electron chi connectivity index (χ1n) is 6.71. The number of nitrogens with two attached hydrogens (primary N) is 1. The Kier molecular flexibility index (Phi) is 6.25. The highest BCUT2D eigenvalue weighted by Gasteiger charge is 2.36. The molecule has 1 aliphatic heterocycles. The Bertz CT molecular complexity index is 551. The minimum Gasteiger partial charge on any atom is -0.344 e. The van der Waals surface area contributed by atoms with Gasteiger partial charge in [0.15, 0.2) is 0 Å². The maximum Gasteiger partial charge on any atom is 0.249 e. The molecule has 8 heteroatoms. The highest BCUT2D eigenvalue weighted by molar-refractivity contribution is 6.01. The van der Waals surface area contributed by atoms with Gasteiger partial charge in [0.2, 0.25) is 11.8 Å². The van der Waals surface area contributed by atoms with Crippen molar-refractivity contribution in [3.63, 3.8) is 0 Å². The Morgan fingerprint density at radius 2 is 2.05 bits per heavy atom. The number of hydrogen-bond acceptors (Lipinski definition) is 3. The van der Waals surface area contributed by atoms with Crippen molar-refractivity contribution >= 4 is 29.9 Å². The molecule has 1 fully saturated rings. The molecular formula is C14H18ClF2N3O2. The molecule has 1 aromatic rings. The molecule has 0 aliphatic carbocycles. The molecule has 0 radical (unpaired) electrons. The topological polar surface area (TPSA) is 75.4 Å². The normalized spacial score (nSPS) is 18.8. The average molecular weight is 334 g/mol. The number of carbonyl (C=O) groups is 2. The molecule has 2 amide bonds. The van der Waals surface area contributed by atoms with E-state index in [0.29, 0.717) is 6.42 Å². The first kappa shape index (κ1) is 18.3. The number of rotatable bonds is 4. The number of para-hydroxylation sites is 1. The highest BCUT2D eigenvalue weighted by atomic mass is 35.5. The van der Waals surface area contributed by atoms with Crippen LogP contribution >= 0.6 is 12.4 Å². The third-order valence-corrected chi connectivity index (χ3v) is 3.53. The standard InChI is InChI=1S/C14H17F2N3O2.ClH/c1-8(7-17)13(20)18-11-5-6-19(14(11)21)12-9(15)3-2-4-10(12)16;/h2-4,8,11H,5-7,17H2,1H3,(H,18,20);1H. The van der Waals surface area contributed by atoms with E-state index in [1.807, 2.05) is 0 Å². The Balaban J connectivity index is 0.00000242. The number of benzene rings is 1. The van der Waals surface area contributed by atoms with Gasteiger partial charge in [0.1, 0.15) is 23.4 Å². The van der Waals surface area contributed by atoms with Crippen molar-refractivity contribution in [2.24, 2.45) is 11.7 Å². The van der Waals surface area contributed by atoms with Crippen LogP contribution in [0.15, 0.2) is 18.2 Å². The molecule has 22 heavy (non-hydrogen) atoms. The van der Waals surface area contributed by atoms with Crippen LogP contribution in [0.2, 0.25) is 0 Å². The fourth-order valence-corrected chi connectivity index (χ4v) is 2.20. The van der Waals surface area contributed by atoms with Crippen molar-refractivity contribution in [3.05, 3.63) is 29.8 Å². The van der Waals surface area contributed by atoms with Crippen LogP contribution in [0.25, 0.3) is 0 Å². The monoisotopic (exact) mass is 333 g/mol. The summed E-state index contributed by atoms with van der Waals surface area (Å²) in [7, 11) is 0. The van der Waals surface area contributed by atoms with E-state index in [1.165, 1.54) is 6.07 Å². The lowest BCUT2D eigenvalue weighted by Crippen LogP contribution is -2.45. The van der Waals surface area contributed by atoms with E-state index in [1.54, 1.807) is 6.92 Å². The van der Waals surface area contributed by atoms with E-state index in [0.717, 1.165) is 17.0 Å². The van der Waals surface area contributed by atoms with E-state index in [9.17, 15) is 18.4 Å². The molecule has 1 aliphatic rings. The largest absolute Gasteiger partial charge is 0.344 e. The van der Waals surface area contributed by atoms with E-state index >= 15 is 0 Å².